The van der Waals surface area contributed by atoms with E-state index in [2.05, 4.69) is 43.1 Å². The highest BCUT2D eigenvalue weighted by atomic mass is 32.1. The number of hydrogen-bond acceptors (Lipinski definition) is 2. The first kappa shape index (κ1) is 8.14. The minimum absolute atomic E-state index is 0.487. The molecule has 12 heavy (non-hydrogen) atoms. The van der Waals surface area contributed by atoms with Crippen LogP contribution in [0.25, 0.3) is 0 Å². The zero-order chi connectivity index (χ0) is 8.55. The molecule has 0 spiro atoms. The monoisotopic (exact) mass is 179 g/mol. The van der Waals surface area contributed by atoms with E-state index in [0.29, 0.717) is 6.04 Å². The second kappa shape index (κ2) is 3.11. The van der Waals surface area contributed by atoms with Crippen molar-refractivity contribution in [2.75, 3.05) is 6.54 Å². The summed E-state index contributed by atoms with van der Waals surface area (Å²) in [5, 5.41) is 3.43. The first-order valence-electron chi connectivity index (χ1n) is 4.33. The van der Waals surface area contributed by atoms with Gasteiger partial charge in [0.2, 0.25) is 0 Å². The number of thiol groups is 1. The van der Waals surface area contributed by atoms with Crippen molar-refractivity contribution in [3.05, 3.63) is 29.3 Å². The Bertz CT molecular complexity index is 296. The molecule has 0 radical (unpaired) electrons. The van der Waals surface area contributed by atoms with Crippen molar-refractivity contribution < 1.29 is 0 Å². The van der Waals surface area contributed by atoms with Crippen molar-refractivity contribution in [2.24, 2.45) is 0 Å². The summed E-state index contributed by atoms with van der Waals surface area (Å²) in [6.07, 6.45) is 1.11. The number of rotatable bonds is 0. The molecule has 2 heteroatoms. The summed E-state index contributed by atoms with van der Waals surface area (Å²) in [6.45, 7) is 3.27. The molecule has 1 aromatic carbocycles. The Morgan fingerprint density at radius 1 is 1.50 bits per heavy atom. The fraction of sp³-hybridized carbons (Fsp3) is 0.400. The van der Waals surface area contributed by atoms with E-state index in [1.165, 1.54) is 11.1 Å². The molecular formula is C10H13NS. The lowest BCUT2D eigenvalue weighted by molar-refractivity contribution is 0.536. The fourth-order valence-corrected chi connectivity index (χ4v) is 2.12. The van der Waals surface area contributed by atoms with E-state index < -0.39 is 0 Å². The van der Waals surface area contributed by atoms with Crippen molar-refractivity contribution in [3.63, 3.8) is 0 Å². The van der Waals surface area contributed by atoms with E-state index >= 15 is 0 Å². The van der Waals surface area contributed by atoms with E-state index in [9.17, 15) is 0 Å². The molecule has 0 bridgehead atoms. The van der Waals surface area contributed by atoms with Gasteiger partial charge in [-0.05, 0) is 37.1 Å². The van der Waals surface area contributed by atoms with Gasteiger partial charge < -0.3 is 5.32 Å². The highest BCUT2D eigenvalue weighted by Gasteiger charge is 2.16. The Labute approximate surface area is 78.6 Å². The highest BCUT2D eigenvalue weighted by molar-refractivity contribution is 7.80. The van der Waals surface area contributed by atoms with Crippen LogP contribution in [0.3, 0.4) is 0 Å². The zero-order valence-corrected chi connectivity index (χ0v) is 8.07. The van der Waals surface area contributed by atoms with Crippen LogP contribution < -0.4 is 5.32 Å². The van der Waals surface area contributed by atoms with Gasteiger partial charge in [0.05, 0.1) is 0 Å². The summed E-state index contributed by atoms with van der Waals surface area (Å²) >= 11 is 4.45. The first-order valence-corrected chi connectivity index (χ1v) is 4.78. The van der Waals surface area contributed by atoms with Gasteiger partial charge in [-0.1, -0.05) is 12.1 Å². The maximum Gasteiger partial charge on any atom is 0.0295 e. The summed E-state index contributed by atoms with van der Waals surface area (Å²) in [7, 11) is 0. The minimum atomic E-state index is 0.487. The van der Waals surface area contributed by atoms with Gasteiger partial charge in [0, 0.05) is 10.9 Å². The Kier molecular flexibility index (Phi) is 2.11. The molecule has 1 atom stereocenters. The second-order valence-electron chi connectivity index (χ2n) is 3.27. The summed E-state index contributed by atoms with van der Waals surface area (Å²) in [5.74, 6) is 0. The van der Waals surface area contributed by atoms with Crippen molar-refractivity contribution in [1.29, 1.82) is 0 Å². The lowest BCUT2D eigenvalue weighted by atomic mass is 9.95. The van der Waals surface area contributed by atoms with Crippen LogP contribution in [0.15, 0.2) is 23.1 Å². The standard InChI is InChI=1S/C10H13NS/c1-7-8-3-2-4-10(12)9(8)5-6-11-7/h2-4,7,11-12H,5-6H2,1H3. The molecule has 1 N–H and O–H groups in total. The van der Waals surface area contributed by atoms with Gasteiger partial charge >= 0.3 is 0 Å². The third-order valence-electron chi connectivity index (χ3n) is 2.48. The van der Waals surface area contributed by atoms with Crippen LogP contribution >= 0.6 is 12.6 Å². The molecular weight excluding hydrogens is 166 g/mol. The minimum Gasteiger partial charge on any atom is -0.310 e. The lowest BCUT2D eigenvalue weighted by Crippen LogP contribution is -2.27. The molecule has 2 rings (SSSR count). The topological polar surface area (TPSA) is 12.0 Å². The molecule has 0 saturated heterocycles. The Hall–Kier alpha value is -0.470. The summed E-state index contributed by atoms with van der Waals surface area (Å²) in [4.78, 5) is 1.14. The normalized spacial score (nSPS) is 22.0. The van der Waals surface area contributed by atoms with Crippen LogP contribution in [0.4, 0.5) is 0 Å². The number of fused-ring (bicyclic) bond motifs is 1. The quantitative estimate of drug-likeness (QED) is 0.582. The molecule has 0 saturated carbocycles. The molecule has 64 valence electrons. The Balaban J connectivity index is 2.52. The summed E-state index contributed by atoms with van der Waals surface area (Å²) in [6, 6.07) is 6.82. The van der Waals surface area contributed by atoms with E-state index in [-0.39, 0.29) is 0 Å². The van der Waals surface area contributed by atoms with Gasteiger partial charge in [-0.2, -0.15) is 0 Å². The first-order chi connectivity index (χ1) is 5.79. The molecule has 1 unspecified atom stereocenters. The van der Waals surface area contributed by atoms with E-state index in [0.717, 1.165) is 17.9 Å². The van der Waals surface area contributed by atoms with Gasteiger partial charge in [0.15, 0.2) is 0 Å². The largest absolute Gasteiger partial charge is 0.310 e. The fourth-order valence-electron chi connectivity index (χ4n) is 1.79. The average molecular weight is 179 g/mol. The molecule has 1 heterocycles. The SMILES string of the molecule is CC1NCCc2c(S)cccc21. The maximum absolute atomic E-state index is 4.45. The number of benzene rings is 1. The van der Waals surface area contributed by atoms with Crippen LogP contribution in [0.1, 0.15) is 24.1 Å². The van der Waals surface area contributed by atoms with Gasteiger partial charge in [-0.3, -0.25) is 0 Å². The Morgan fingerprint density at radius 3 is 3.08 bits per heavy atom. The maximum atomic E-state index is 4.45. The van der Waals surface area contributed by atoms with E-state index in [4.69, 9.17) is 0 Å². The molecule has 1 nitrogen and oxygen atoms in total. The molecule has 0 aromatic heterocycles. The van der Waals surface area contributed by atoms with Crippen molar-refractivity contribution in [1.82, 2.24) is 5.32 Å². The molecule has 0 aliphatic carbocycles. The van der Waals surface area contributed by atoms with Crippen LogP contribution in [0.5, 0.6) is 0 Å². The number of nitrogens with one attached hydrogen (secondary N) is 1. The van der Waals surface area contributed by atoms with Gasteiger partial charge in [0.1, 0.15) is 0 Å². The molecule has 0 amide bonds. The van der Waals surface area contributed by atoms with Gasteiger partial charge in [0.25, 0.3) is 0 Å². The van der Waals surface area contributed by atoms with Crippen LogP contribution in [0.2, 0.25) is 0 Å². The third kappa shape index (κ3) is 1.25. The van der Waals surface area contributed by atoms with Crippen molar-refractivity contribution >= 4 is 12.6 Å². The Morgan fingerprint density at radius 2 is 2.33 bits per heavy atom. The van der Waals surface area contributed by atoms with Crippen LogP contribution in [-0.2, 0) is 6.42 Å². The summed E-state index contributed by atoms with van der Waals surface area (Å²) < 4.78 is 0. The van der Waals surface area contributed by atoms with Gasteiger partial charge in [-0.15, -0.1) is 12.6 Å². The second-order valence-corrected chi connectivity index (χ2v) is 3.75. The number of hydrogen-bond donors (Lipinski definition) is 2. The predicted molar refractivity (Wildman–Crippen MR) is 53.8 cm³/mol. The average Bonchev–Trinajstić information content (AvgIpc) is 2.07. The molecule has 0 fully saturated rings. The van der Waals surface area contributed by atoms with Gasteiger partial charge in [-0.25, -0.2) is 0 Å². The summed E-state index contributed by atoms with van der Waals surface area (Å²) in [5.41, 5.74) is 2.83. The van der Waals surface area contributed by atoms with Crippen LogP contribution in [-0.4, -0.2) is 6.54 Å². The third-order valence-corrected chi connectivity index (χ3v) is 2.90. The molecule has 1 aliphatic rings. The van der Waals surface area contributed by atoms with Crippen molar-refractivity contribution in [3.8, 4) is 0 Å². The molecule has 1 aromatic rings. The zero-order valence-electron chi connectivity index (χ0n) is 7.17. The van der Waals surface area contributed by atoms with Crippen molar-refractivity contribution in [2.45, 2.75) is 24.3 Å². The van der Waals surface area contributed by atoms with Crippen LogP contribution in [0, 0.1) is 0 Å². The lowest BCUT2D eigenvalue weighted by Gasteiger charge is -2.24. The smallest absolute Gasteiger partial charge is 0.0295 e. The van der Waals surface area contributed by atoms with E-state index in [1.807, 2.05) is 0 Å². The highest BCUT2D eigenvalue weighted by Crippen LogP contribution is 2.26. The molecule has 1 aliphatic heterocycles. The predicted octanol–water partition coefficient (Wildman–Crippen LogP) is 2.18. The van der Waals surface area contributed by atoms with E-state index in [1.54, 1.807) is 0 Å².